The smallest absolute Gasteiger partial charge is 0.239 e. The number of nitrogens with one attached hydrogen (secondary N) is 1. The molecule has 21 heavy (non-hydrogen) atoms. The number of carbonyl (C=O) groups is 1. The van der Waals surface area contributed by atoms with E-state index in [1.807, 2.05) is 13.0 Å². The molecule has 1 radical (unpaired) electrons. The third-order valence-corrected chi connectivity index (χ3v) is 3.64. The maximum Gasteiger partial charge on any atom is 0.239 e. The molecule has 0 saturated heterocycles. The number of fused-ring (bicyclic) bond motifs is 3. The normalized spacial score (nSPS) is 10.2. The molecule has 109 valence electrons. The first kappa shape index (κ1) is 24.6. The van der Waals surface area contributed by atoms with E-state index in [4.69, 9.17) is 4.74 Å². The second kappa shape index (κ2) is 10.3. The molecule has 0 unspecified atom stereocenters. The maximum absolute atomic E-state index is 11.5. The van der Waals surface area contributed by atoms with Crippen LogP contribution in [-0.2, 0) is 103 Å². The van der Waals surface area contributed by atoms with Crippen LogP contribution in [0.4, 0.5) is 0 Å². The van der Waals surface area contributed by atoms with Crippen LogP contribution in [0.3, 0.4) is 0 Å². The number of ether oxygens (including phenoxy) is 1. The quantitative estimate of drug-likeness (QED) is 0.442. The number of hydrogen-bond acceptors (Lipinski definition) is 4. The summed E-state index contributed by atoms with van der Waals surface area (Å²) in [4.78, 5) is 13.6. The second-order valence-electron chi connectivity index (χ2n) is 3.72. The van der Waals surface area contributed by atoms with Gasteiger partial charge in [-0.3, -0.25) is 11.8 Å². The fraction of sp³-hybridized carbons (Fsp3) is 0.182. The Balaban J connectivity index is 0. The predicted molar refractivity (Wildman–Crippen MR) is 62.8 cm³/mol. The molecule has 0 saturated carbocycles. The van der Waals surface area contributed by atoms with Gasteiger partial charge in [-0.25, -0.2) is 0 Å². The molecule has 0 aliphatic carbocycles. The molecule has 1 aliphatic heterocycles. The van der Waals surface area contributed by atoms with E-state index < -0.39 is 0 Å². The standard InChI is InChI=1S/C11H10N3O2S.3W.Y/c1-5-3-7-10(17-5)8-6(4-16-7)9(14-13-8)11(15)12-2;;;;/h3H,2,4H2,1H3,(H2,12,13,14,15);;;;/q-1;;;;/p-1. The fourth-order valence-electron chi connectivity index (χ4n) is 1.83. The molecule has 1 amide bonds. The Labute approximate surface area is 194 Å². The van der Waals surface area contributed by atoms with E-state index in [1.54, 1.807) is 11.3 Å². The molecule has 3 rings (SSSR count). The summed E-state index contributed by atoms with van der Waals surface area (Å²) < 4.78 is 5.59. The van der Waals surface area contributed by atoms with Crippen LogP contribution in [0.5, 0.6) is 5.75 Å². The first-order valence-corrected chi connectivity index (χ1v) is 5.85. The molecule has 2 aromatic heterocycles. The van der Waals surface area contributed by atoms with Crippen LogP contribution in [0, 0.1) is 14.0 Å². The topological polar surface area (TPSA) is 65.3 Å². The summed E-state index contributed by atoms with van der Waals surface area (Å²) >= 11 is 1.59. The molecule has 5 nitrogen and oxygen atoms in total. The van der Waals surface area contributed by atoms with E-state index in [0.717, 1.165) is 26.8 Å². The van der Waals surface area contributed by atoms with Crippen LogP contribution in [0.25, 0.3) is 10.6 Å². The predicted octanol–water partition coefficient (Wildman–Crippen LogP) is 1.48. The average Bonchev–Trinajstić information content (AvgIpc) is 2.89. The van der Waals surface area contributed by atoms with Gasteiger partial charge in [0.2, 0.25) is 5.91 Å². The van der Waals surface area contributed by atoms with Gasteiger partial charge < -0.3 is 20.3 Å². The molecule has 0 aromatic carbocycles. The van der Waals surface area contributed by atoms with Crippen molar-refractivity contribution in [2.45, 2.75) is 13.5 Å². The van der Waals surface area contributed by atoms with Crippen molar-refractivity contribution in [1.29, 1.82) is 0 Å². The molecule has 0 atom stereocenters. The van der Waals surface area contributed by atoms with Gasteiger partial charge in [-0.15, -0.1) is 11.3 Å². The van der Waals surface area contributed by atoms with E-state index in [0.29, 0.717) is 12.3 Å². The molecule has 1 aliphatic rings. The minimum Gasteiger partial charge on any atom is -0.573 e. The van der Waals surface area contributed by atoms with Crippen LogP contribution < -0.4 is 15.2 Å². The first-order chi connectivity index (χ1) is 8.20. The van der Waals surface area contributed by atoms with Crippen molar-refractivity contribution in [2.24, 2.45) is 0 Å². The molecular formula is C11H9N3O2SW3Y-2. The number of aromatic nitrogens is 2. The summed E-state index contributed by atoms with van der Waals surface area (Å²) in [6, 6.07) is 1.97. The van der Waals surface area contributed by atoms with Crippen molar-refractivity contribution in [3.63, 3.8) is 0 Å². The molecule has 0 spiro atoms. The second-order valence-corrected chi connectivity index (χ2v) is 4.98. The zero-order chi connectivity index (χ0) is 12.0. The Kier molecular flexibility index (Phi) is 12.0. The van der Waals surface area contributed by atoms with E-state index in [9.17, 15) is 4.79 Å². The maximum atomic E-state index is 11.5. The van der Waals surface area contributed by atoms with Gasteiger partial charge in [-0.1, -0.05) is 5.69 Å². The van der Waals surface area contributed by atoms with Crippen molar-refractivity contribution in [1.82, 2.24) is 15.5 Å². The van der Waals surface area contributed by atoms with Crippen molar-refractivity contribution in [3.8, 4) is 16.3 Å². The van der Waals surface area contributed by atoms with Crippen molar-refractivity contribution >= 4 is 17.2 Å². The average molecular weight is 888 g/mol. The first-order valence-electron chi connectivity index (χ1n) is 5.04. The van der Waals surface area contributed by atoms with Gasteiger partial charge in [-0.2, -0.15) is 0 Å². The van der Waals surface area contributed by atoms with Gasteiger partial charge in [0.05, 0.1) is 4.88 Å². The number of amides is 1. The Hall–Kier alpha value is 1.35. The molecule has 0 fully saturated rings. The molecule has 3 heterocycles. The summed E-state index contributed by atoms with van der Waals surface area (Å²) in [7, 11) is 3.33. The van der Waals surface area contributed by atoms with Crippen LogP contribution in [-0.4, -0.2) is 11.0 Å². The minimum absolute atomic E-state index is 0. The summed E-state index contributed by atoms with van der Waals surface area (Å²) in [6.45, 7) is 2.33. The van der Waals surface area contributed by atoms with E-state index in [-0.39, 0.29) is 102 Å². The van der Waals surface area contributed by atoms with Crippen LogP contribution in [0.15, 0.2) is 6.07 Å². The number of hydrogen-bond donors (Lipinski definition) is 1. The summed E-state index contributed by atoms with van der Waals surface area (Å²) in [5, 5.41) is 10.3. The van der Waals surface area contributed by atoms with Crippen LogP contribution in [0.2, 0.25) is 0 Å². The summed E-state index contributed by atoms with van der Waals surface area (Å²) in [5.41, 5.74) is 1.79. The molecule has 10 heteroatoms. The van der Waals surface area contributed by atoms with Crippen molar-refractivity contribution in [2.75, 3.05) is 0 Å². The Bertz CT molecular complexity index is 618. The summed E-state index contributed by atoms with van der Waals surface area (Å²) in [6.07, 6.45) is 0. The zero-order valence-corrected chi connectivity index (χ0v) is 23.4. The third kappa shape index (κ3) is 4.67. The van der Waals surface area contributed by atoms with Crippen LogP contribution >= 0.6 is 11.3 Å². The van der Waals surface area contributed by atoms with E-state index in [2.05, 4.69) is 22.6 Å². The largest absolute Gasteiger partial charge is 0.573 e. The summed E-state index contributed by atoms with van der Waals surface area (Å²) in [5.74, 6) is 0.487. The van der Waals surface area contributed by atoms with E-state index in [1.165, 1.54) is 0 Å². The number of rotatable bonds is 1. The van der Waals surface area contributed by atoms with Crippen molar-refractivity contribution < 1.29 is 105 Å². The van der Waals surface area contributed by atoms with Gasteiger partial charge in [-0.05, 0) is 13.0 Å². The number of aryl methyl sites for hydroxylation is 1. The molecule has 1 N–H and O–H groups in total. The number of carbonyl (C=O) groups excluding carboxylic acids is 1. The van der Waals surface area contributed by atoms with Gasteiger partial charge in [0.25, 0.3) is 0 Å². The van der Waals surface area contributed by atoms with Gasteiger partial charge >= 0.3 is 0 Å². The third-order valence-electron chi connectivity index (χ3n) is 2.61. The number of nitrogens with zero attached hydrogens (tertiary/aromatic N) is 2. The zero-order valence-electron chi connectivity index (χ0n) is 10.9. The van der Waals surface area contributed by atoms with Gasteiger partial charge in [0.1, 0.15) is 18.1 Å². The molecular weight excluding hydrogens is 879 g/mol. The van der Waals surface area contributed by atoms with E-state index >= 15 is 0 Å². The molecule has 0 bridgehead atoms. The van der Waals surface area contributed by atoms with Gasteiger partial charge in [0.15, 0.2) is 0 Å². The Morgan fingerprint density at radius 3 is 2.76 bits per heavy atom. The Morgan fingerprint density at radius 2 is 2.14 bits per heavy atom. The monoisotopic (exact) mass is 888 g/mol. The van der Waals surface area contributed by atoms with Crippen LogP contribution in [0.1, 0.15) is 20.9 Å². The number of thiophene rings is 1. The molecule has 2 aromatic rings. The van der Waals surface area contributed by atoms with Crippen molar-refractivity contribution in [3.05, 3.63) is 29.2 Å². The van der Waals surface area contributed by atoms with Gasteiger partial charge in [0, 0.05) is 106 Å². The minimum atomic E-state index is -0.334. The SMILES string of the molecule is [CH2-]NC(=O)c1n[n-]c2c1COc1cc(C)sc1-2.[W].[W].[W].[Y]. The Morgan fingerprint density at radius 1 is 1.48 bits per heavy atom. The fourth-order valence-corrected chi connectivity index (χ4v) is 2.80.